The topological polar surface area (TPSA) is 97.2 Å². The molecular formula is C26H27N2O5+. The Balaban J connectivity index is 2.13. The minimum Gasteiger partial charge on any atom is -0.478 e. The third kappa shape index (κ3) is 4.08. The van der Waals surface area contributed by atoms with Crippen LogP contribution in [0.1, 0.15) is 24.2 Å². The summed E-state index contributed by atoms with van der Waals surface area (Å²) in [6.07, 6.45) is 0. The number of rotatable bonds is 7. The van der Waals surface area contributed by atoms with E-state index < -0.39 is 5.97 Å². The zero-order valence-corrected chi connectivity index (χ0v) is 18.7. The van der Waals surface area contributed by atoms with Crippen LogP contribution in [0.3, 0.4) is 0 Å². The average molecular weight is 448 g/mol. The lowest BCUT2D eigenvalue weighted by atomic mass is 9.90. The summed E-state index contributed by atoms with van der Waals surface area (Å²) in [4.78, 5) is 13.4. The van der Waals surface area contributed by atoms with Gasteiger partial charge >= 0.3 is 5.97 Å². The first-order valence-electron chi connectivity index (χ1n) is 10.9. The number of carboxylic acid groups (broad SMARTS) is 1. The number of carbonyl (C=O) groups is 1. The molecular weight excluding hydrogens is 420 g/mol. The summed E-state index contributed by atoms with van der Waals surface area (Å²) in [7, 11) is 0. The number of aliphatic hydroxyl groups is 2. The lowest BCUT2D eigenvalue weighted by molar-refractivity contribution is 0.0697. The van der Waals surface area contributed by atoms with E-state index in [1.54, 1.807) is 30.3 Å². The zero-order chi connectivity index (χ0) is 23.5. The Morgan fingerprint density at radius 3 is 2.33 bits per heavy atom. The maximum absolute atomic E-state index is 12.0. The maximum atomic E-state index is 12.0. The van der Waals surface area contributed by atoms with Crippen LogP contribution in [0, 0.1) is 0 Å². The first-order chi connectivity index (χ1) is 16.0. The molecule has 33 heavy (non-hydrogen) atoms. The van der Waals surface area contributed by atoms with Gasteiger partial charge in [-0.15, -0.1) is 0 Å². The number of fused-ring (bicyclic) bond motifs is 2. The van der Waals surface area contributed by atoms with Gasteiger partial charge in [0.15, 0.2) is 0 Å². The second-order valence-corrected chi connectivity index (χ2v) is 7.68. The third-order valence-corrected chi connectivity index (χ3v) is 5.95. The second kappa shape index (κ2) is 9.44. The van der Waals surface area contributed by atoms with Crippen LogP contribution >= 0.6 is 0 Å². The molecule has 4 rings (SSSR count). The number of benzene rings is 3. The molecule has 0 aromatic heterocycles. The third-order valence-electron chi connectivity index (χ3n) is 5.95. The van der Waals surface area contributed by atoms with E-state index in [0.717, 1.165) is 35.0 Å². The van der Waals surface area contributed by atoms with Crippen molar-refractivity contribution in [1.29, 1.82) is 0 Å². The van der Waals surface area contributed by atoms with Crippen LogP contribution < -0.4 is 14.8 Å². The molecule has 7 heteroatoms. The van der Waals surface area contributed by atoms with E-state index in [-0.39, 0.29) is 19.0 Å². The molecule has 0 bridgehead atoms. The minimum atomic E-state index is -1.00. The van der Waals surface area contributed by atoms with Gasteiger partial charge in [-0.3, -0.25) is 0 Å². The molecule has 0 amide bonds. The molecule has 0 fully saturated rings. The van der Waals surface area contributed by atoms with Crippen LogP contribution in [0.5, 0.6) is 0 Å². The summed E-state index contributed by atoms with van der Waals surface area (Å²) in [5, 5.41) is 30.7. The maximum Gasteiger partial charge on any atom is 0.336 e. The van der Waals surface area contributed by atoms with Crippen LogP contribution in [0.15, 0.2) is 65.1 Å². The lowest BCUT2D eigenvalue weighted by Gasteiger charge is -2.21. The fourth-order valence-corrected chi connectivity index (χ4v) is 4.24. The second-order valence-electron chi connectivity index (χ2n) is 7.68. The van der Waals surface area contributed by atoms with Gasteiger partial charge in [-0.1, -0.05) is 18.2 Å². The number of hydrogen-bond acceptors (Lipinski definition) is 5. The normalized spacial score (nSPS) is 11.2. The molecule has 1 aliphatic carbocycles. The Bertz CT molecular complexity index is 1350. The van der Waals surface area contributed by atoms with E-state index in [9.17, 15) is 20.1 Å². The van der Waals surface area contributed by atoms with Crippen molar-refractivity contribution >= 4 is 22.6 Å². The molecule has 170 valence electrons. The van der Waals surface area contributed by atoms with Crippen molar-refractivity contribution in [3.8, 4) is 22.5 Å². The highest BCUT2D eigenvalue weighted by Crippen LogP contribution is 2.41. The Morgan fingerprint density at radius 2 is 1.67 bits per heavy atom. The van der Waals surface area contributed by atoms with Gasteiger partial charge in [0.05, 0.1) is 11.6 Å². The quantitative estimate of drug-likeness (QED) is 0.228. The number of hydrogen-bond donors (Lipinski definition) is 3. The van der Waals surface area contributed by atoms with Gasteiger partial charge in [-0.25, -0.2) is 9.37 Å². The molecule has 3 N–H and O–H groups in total. The monoisotopic (exact) mass is 447 g/mol. The zero-order valence-electron chi connectivity index (χ0n) is 18.7. The molecule has 0 saturated carbocycles. The van der Waals surface area contributed by atoms with Gasteiger partial charge in [0.2, 0.25) is 5.36 Å². The van der Waals surface area contributed by atoms with E-state index in [0.29, 0.717) is 22.6 Å². The molecule has 2 aromatic carbocycles. The molecule has 1 heterocycles. The number of carboxylic acids is 1. The summed E-state index contributed by atoms with van der Waals surface area (Å²) < 4.78 is 8.51. The Hall–Kier alpha value is -3.68. The highest BCUT2D eigenvalue weighted by atomic mass is 16.4. The standard InChI is InChI=1S/C26H26N2O5/c1-3-27(4-2)17-9-11-21-23(13-17)33-24-14-18(28(15-29)16-30)10-12-22(24)25(21)19-7-5-6-8-20(19)26(31)32/h5-14,29-30H,3-4,15-16H2,1-2H3/p+1. The van der Waals surface area contributed by atoms with Crippen molar-refractivity contribution in [3.05, 3.63) is 71.6 Å². The van der Waals surface area contributed by atoms with Gasteiger partial charge in [-0.2, -0.15) is 0 Å². The molecule has 0 unspecified atom stereocenters. The largest absolute Gasteiger partial charge is 0.478 e. The van der Waals surface area contributed by atoms with E-state index in [4.69, 9.17) is 4.42 Å². The smallest absolute Gasteiger partial charge is 0.336 e. The molecule has 0 spiro atoms. The summed E-state index contributed by atoms with van der Waals surface area (Å²) in [5.41, 5.74) is 3.49. The van der Waals surface area contributed by atoms with Crippen LogP contribution in [-0.2, 0) is 0 Å². The van der Waals surface area contributed by atoms with Crippen molar-refractivity contribution in [3.63, 3.8) is 0 Å². The molecule has 0 atom stereocenters. The van der Waals surface area contributed by atoms with E-state index in [1.807, 2.05) is 30.3 Å². The van der Waals surface area contributed by atoms with Crippen molar-refractivity contribution in [2.75, 3.05) is 31.5 Å². The van der Waals surface area contributed by atoms with Crippen LogP contribution in [0.2, 0.25) is 0 Å². The van der Waals surface area contributed by atoms with Gasteiger partial charge in [0.1, 0.15) is 37.9 Å². The van der Waals surface area contributed by atoms with Gasteiger partial charge in [-0.05, 0) is 43.7 Å². The highest BCUT2D eigenvalue weighted by molar-refractivity contribution is 6.07. The number of anilines is 1. The van der Waals surface area contributed by atoms with Crippen molar-refractivity contribution in [2.24, 2.45) is 0 Å². The summed E-state index contributed by atoms with van der Waals surface area (Å²) in [6.45, 7) is 5.16. The van der Waals surface area contributed by atoms with Crippen LogP contribution in [-0.4, -0.2) is 47.8 Å². The van der Waals surface area contributed by atoms with Gasteiger partial charge in [0, 0.05) is 34.3 Å². The number of aromatic carboxylic acids is 1. The molecule has 2 aromatic rings. The van der Waals surface area contributed by atoms with Crippen LogP contribution in [0.25, 0.3) is 33.4 Å². The molecule has 7 nitrogen and oxygen atoms in total. The van der Waals surface area contributed by atoms with Crippen LogP contribution in [0.4, 0.5) is 5.69 Å². The first kappa shape index (κ1) is 22.5. The van der Waals surface area contributed by atoms with Gasteiger partial charge in [0.25, 0.3) is 0 Å². The van der Waals surface area contributed by atoms with Crippen molar-refractivity contribution < 1.29 is 24.5 Å². The molecule has 1 aliphatic heterocycles. The summed E-state index contributed by atoms with van der Waals surface area (Å²) in [5.74, 6) is -0.380. The van der Waals surface area contributed by atoms with Crippen molar-refractivity contribution in [2.45, 2.75) is 13.8 Å². The molecule has 0 radical (unpaired) electrons. The predicted octanol–water partition coefficient (Wildman–Crippen LogP) is 3.42. The van der Waals surface area contributed by atoms with E-state index in [2.05, 4.69) is 18.4 Å². The number of aliphatic hydroxyl groups excluding tert-OH is 2. The first-order valence-corrected chi connectivity index (χ1v) is 10.9. The Kier molecular flexibility index (Phi) is 6.44. The van der Waals surface area contributed by atoms with Gasteiger partial charge < -0.3 is 24.6 Å². The average Bonchev–Trinajstić information content (AvgIpc) is 2.84. The minimum absolute atomic E-state index is 0.204. The number of nitrogens with zero attached hydrogens (tertiary/aromatic N) is 2. The van der Waals surface area contributed by atoms with E-state index >= 15 is 0 Å². The summed E-state index contributed by atoms with van der Waals surface area (Å²) in [6, 6.07) is 18.2. The fraction of sp³-hybridized carbons (Fsp3) is 0.231. The van der Waals surface area contributed by atoms with E-state index in [1.165, 1.54) is 4.90 Å². The Labute approximate surface area is 191 Å². The highest BCUT2D eigenvalue weighted by Gasteiger charge is 2.22. The Morgan fingerprint density at radius 1 is 0.939 bits per heavy atom. The lowest BCUT2D eigenvalue weighted by Crippen LogP contribution is -2.29. The fourth-order valence-electron chi connectivity index (χ4n) is 4.24. The summed E-state index contributed by atoms with van der Waals surface area (Å²) >= 11 is 0. The predicted molar refractivity (Wildman–Crippen MR) is 128 cm³/mol. The van der Waals surface area contributed by atoms with Crippen molar-refractivity contribution in [1.82, 2.24) is 4.58 Å². The SMILES string of the molecule is CC[N+](CC)=c1ccc2c(-c3ccccc3C(=O)O)c3ccc(N(CO)CO)cc3oc-2c1. The molecule has 2 aliphatic rings. The molecule has 0 saturated heterocycles.